The Balaban J connectivity index is 2.12. The molecular formula is C13H16BrN3O. The zero-order chi connectivity index (χ0) is 13.0. The number of aryl methyl sites for hydroxylation is 2. The fraction of sp³-hybridized carbons (Fsp3) is 0.385. The first-order valence-electron chi connectivity index (χ1n) is 5.94. The number of ether oxygens (including phenoxy) is 1. The quantitative estimate of drug-likeness (QED) is 0.791. The van der Waals surface area contributed by atoms with E-state index in [0.29, 0.717) is 5.88 Å². The molecule has 0 amide bonds. The van der Waals surface area contributed by atoms with E-state index in [1.165, 1.54) is 0 Å². The van der Waals surface area contributed by atoms with Gasteiger partial charge in [0.2, 0.25) is 5.88 Å². The Kier molecular flexibility index (Phi) is 4.36. The second kappa shape index (κ2) is 6.00. The summed E-state index contributed by atoms with van der Waals surface area (Å²) in [6.45, 7) is 5.01. The third-order valence-corrected chi connectivity index (χ3v) is 3.17. The maximum atomic E-state index is 5.73. The van der Waals surface area contributed by atoms with E-state index in [2.05, 4.69) is 39.0 Å². The van der Waals surface area contributed by atoms with Crippen LogP contribution >= 0.6 is 15.9 Å². The van der Waals surface area contributed by atoms with Crippen molar-refractivity contribution in [3.63, 3.8) is 0 Å². The Bertz CT molecular complexity index is 525. The van der Waals surface area contributed by atoms with E-state index < -0.39 is 0 Å². The molecule has 2 aromatic heterocycles. The van der Waals surface area contributed by atoms with Crippen LogP contribution in [0.3, 0.4) is 0 Å². The van der Waals surface area contributed by atoms with Crippen LogP contribution in [-0.2, 0) is 11.9 Å². The molecule has 4 nitrogen and oxygen atoms in total. The highest BCUT2D eigenvalue weighted by molar-refractivity contribution is 9.08. The first-order chi connectivity index (χ1) is 8.72. The molecule has 0 radical (unpaired) electrons. The monoisotopic (exact) mass is 309 g/mol. The SMILES string of the molecule is CCCn1cc(Oc2ncc(CBr)cc2C)cn1. The van der Waals surface area contributed by atoms with Crippen molar-refractivity contribution in [2.24, 2.45) is 0 Å². The van der Waals surface area contributed by atoms with Crippen LogP contribution in [0.25, 0.3) is 0 Å². The molecule has 0 spiro atoms. The Morgan fingerprint density at radius 1 is 1.39 bits per heavy atom. The Morgan fingerprint density at radius 2 is 2.22 bits per heavy atom. The number of hydrogen-bond acceptors (Lipinski definition) is 3. The van der Waals surface area contributed by atoms with Gasteiger partial charge in [0.1, 0.15) is 0 Å². The molecule has 0 saturated heterocycles. The smallest absolute Gasteiger partial charge is 0.222 e. The zero-order valence-corrected chi connectivity index (χ0v) is 12.1. The minimum atomic E-state index is 0.635. The predicted molar refractivity (Wildman–Crippen MR) is 74.2 cm³/mol. The lowest BCUT2D eigenvalue weighted by Crippen LogP contribution is -1.95. The van der Waals surface area contributed by atoms with E-state index in [-0.39, 0.29) is 0 Å². The molecule has 0 atom stereocenters. The van der Waals surface area contributed by atoms with Crippen molar-refractivity contribution in [2.45, 2.75) is 32.1 Å². The van der Waals surface area contributed by atoms with Crippen LogP contribution in [0.2, 0.25) is 0 Å². The molecule has 0 aliphatic rings. The highest BCUT2D eigenvalue weighted by Gasteiger charge is 2.06. The van der Waals surface area contributed by atoms with Gasteiger partial charge in [-0.2, -0.15) is 5.10 Å². The summed E-state index contributed by atoms with van der Waals surface area (Å²) in [5, 5.41) is 5.02. The summed E-state index contributed by atoms with van der Waals surface area (Å²) in [5.41, 5.74) is 2.16. The lowest BCUT2D eigenvalue weighted by atomic mass is 10.2. The van der Waals surface area contributed by atoms with Crippen LogP contribution in [0, 0.1) is 6.92 Å². The molecule has 0 aromatic carbocycles. The molecule has 2 rings (SSSR count). The summed E-state index contributed by atoms with van der Waals surface area (Å²) in [4.78, 5) is 4.31. The topological polar surface area (TPSA) is 39.9 Å². The van der Waals surface area contributed by atoms with Gasteiger partial charge >= 0.3 is 0 Å². The minimum absolute atomic E-state index is 0.635. The van der Waals surface area contributed by atoms with Crippen molar-refractivity contribution in [3.05, 3.63) is 35.8 Å². The van der Waals surface area contributed by atoms with Crippen LogP contribution in [0.5, 0.6) is 11.6 Å². The number of alkyl halides is 1. The Hall–Kier alpha value is -1.36. The minimum Gasteiger partial charge on any atom is -0.435 e. The van der Waals surface area contributed by atoms with Gasteiger partial charge in [0.15, 0.2) is 5.75 Å². The van der Waals surface area contributed by atoms with Gasteiger partial charge in [0.25, 0.3) is 0 Å². The van der Waals surface area contributed by atoms with Crippen LogP contribution < -0.4 is 4.74 Å². The molecule has 0 bridgehead atoms. The average molecular weight is 310 g/mol. The molecule has 0 aliphatic heterocycles. The van der Waals surface area contributed by atoms with Crippen molar-refractivity contribution in [2.75, 3.05) is 0 Å². The second-order valence-electron chi connectivity index (χ2n) is 4.14. The van der Waals surface area contributed by atoms with Gasteiger partial charge in [0, 0.05) is 23.6 Å². The number of aromatic nitrogens is 3. The highest BCUT2D eigenvalue weighted by Crippen LogP contribution is 2.23. The van der Waals surface area contributed by atoms with E-state index in [4.69, 9.17) is 4.74 Å². The molecule has 0 saturated carbocycles. The van der Waals surface area contributed by atoms with E-state index in [0.717, 1.165) is 35.2 Å². The van der Waals surface area contributed by atoms with Crippen LogP contribution in [0.1, 0.15) is 24.5 Å². The zero-order valence-electron chi connectivity index (χ0n) is 10.6. The third kappa shape index (κ3) is 3.10. The highest BCUT2D eigenvalue weighted by atomic mass is 79.9. The van der Waals surface area contributed by atoms with Crippen molar-refractivity contribution >= 4 is 15.9 Å². The van der Waals surface area contributed by atoms with E-state index in [1.54, 1.807) is 6.20 Å². The molecule has 2 heterocycles. The van der Waals surface area contributed by atoms with Crippen LogP contribution in [0.4, 0.5) is 0 Å². The number of halogens is 1. The molecular weight excluding hydrogens is 294 g/mol. The van der Waals surface area contributed by atoms with Gasteiger partial charge in [-0.3, -0.25) is 4.68 Å². The summed E-state index contributed by atoms with van der Waals surface area (Å²) in [7, 11) is 0. The maximum absolute atomic E-state index is 5.73. The second-order valence-corrected chi connectivity index (χ2v) is 4.70. The van der Waals surface area contributed by atoms with Crippen molar-refractivity contribution in [1.82, 2.24) is 14.8 Å². The van der Waals surface area contributed by atoms with Gasteiger partial charge in [0.05, 0.1) is 12.4 Å². The van der Waals surface area contributed by atoms with Gasteiger partial charge in [-0.1, -0.05) is 22.9 Å². The largest absolute Gasteiger partial charge is 0.435 e. The van der Waals surface area contributed by atoms with Crippen molar-refractivity contribution in [3.8, 4) is 11.6 Å². The molecule has 5 heteroatoms. The first-order valence-corrected chi connectivity index (χ1v) is 7.07. The van der Waals surface area contributed by atoms with E-state index in [9.17, 15) is 0 Å². The maximum Gasteiger partial charge on any atom is 0.222 e. The first kappa shape index (κ1) is 13.1. The van der Waals surface area contributed by atoms with Crippen molar-refractivity contribution < 1.29 is 4.74 Å². The fourth-order valence-electron chi connectivity index (χ4n) is 1.66. The molecule has 0 aliphatic carbocycles. The lowest BCUT2D eigenvalue weighted by molar-refractivity contribution is 0.457. The Morgan fingerprint density at radius 3 is 2.89 bits per heavy atom. The van der Waals surface area contributed by atoms with Gasteiger partial charge in [-0.05, 0) is 25.0 Å². The molecule has 0 unspecified atom stereocenters. The number of hydrogen-bond donors (Lipinski definition) is 0. The normalized spacial score (nSPS) is 10.6. The number of rotatable bonds is 5. The molecule has 96 valence electrons. The summed E-state index contributed by atoms with van der Waals surface area (Å²) >= 11 is 3.41. The van der Waals surface area contributed by atoms with Gasteiger partial charge in [-0.15, -0.1) is 0 Å². The number of pyridine rings is 1. The average Bonchev–Trinajstić information content (AvgIpc) is 2.80. The van der Waals surface area contributed by atoms with E-state index >= 15 is 0 Å². The third-order valence-electron chi connectivity index (χ3n) is 2.52. The molecule has 18 heavy (non-hydrogen) atoms. The standard InChI is InChI=1S/C13H16BrN3O/c1-3-4-17-9-12(8-16-17)18-13-10(2)5-11(6-14)7-15-13/h5,7-9H,3-4,6H2,1-2H3. The predicted octanol–water partition coefficient (Wildman–Crippen LogP) is 3.68. The van der Waals surface area contributed by atoms with E-state index in [1.807, 2.05) is 24.0 Å². The molecule has 2 aromatic rings. The van der Waals surface area contributed by atoms with Crippen LogP contribution in [0.15, 0.2) is 24.7 Å². The Labute approximate surface area is 115 Å². The summed E-state index contributed by atoms with van der Waals surface area (Å²) in [6.07, 6.45) is 6.48. The lowest BCUT2D eigenvalue weighted by Gasteiger charge is -2.06. The summed E-state index contributed by atoms with van der Waals surface area (Å²) in [6, 6.07) is 2.06. The fourth-order valence-corrected chi connectivity index (χ4v) is 1.97. The van der Waals surface area contributed by atoms with Gasteiger partial charge in [-0.25, -0.2) is 4.98 Å². The number of nitrogens with zero attached hydrogens (tertiary/aromatic N) is 3. The van der Waals surface area contributed by atoms with Gasteiger partial charge < -0.3 is 4.74 Å². The molecule has 0 N–H and O–H groups in total. The summed E-state index contributed by atoms with van der Waals surface area (Å²) in [5.74, 6) is 1.36. The van der Waals surface area contributed by atoms with Crippen molar-refractivity contribution in [1.29, 1.82) is 0 Å². The summed E-state index contributed by atoms with van der Waals surface area (Å²) < 4.78 is 7.60. The van der Waals surface area contributed by atoms with Crippen LogP contribution in [-0.4, -0.2) is 14.8 Å². The molecule has 0 fully saturated rings.